The molecule has 0 saturated carbocycles. The molecule has 0 aromatic carbocycles. The number of alkyl halides is 3. The SMILES string of the molecule is CCS(=O)(=O)c1c(-c2ncc(C(F)(F)F)n2C)nc2ccccn12. The Balaban J connectivity index is 2.36. The van der Waals surface area contributed by atoms with Crippen molar-refractivity contribution in [3.8, 4) is 11.5 Å². The van der Waals surface area contributed by atoms with E-state index < -0.39 is 21.7 Å². The summed E-state index contributed by atoms with van der Waals surface area (Å²) < 4.78 is 66.0. The number of rotatable bonds is 3. The third-order valence-electron chi connectivity index (χ3n) is 3.65. The van der Waals surface area contributed by atoms with Crippen molar-refractivity contribution in [1.82, 2.24) is 18.9 Å². The number of hydrogen-bond donors (Lipinski definition) is 0. The van der Waals surface area contributed by atoms with Gasteiger partial charge in [0.1, 0.15) is 17.0 Å². The molecule has 0 N–H and O–H groups in total. The van der Waals surface area contributed by atoms with E-state index in [4.69, 9.17) is 0 Å². The minimum Gasteiger partial charge on any atom is -0.322 e. The molecule has 6 nitrogen and oxygen atoms in total. The van der Waals surface area contributed by atoms with Crippen molar-refractivity contribution in [2.45, 2.75) is 18.1 Å². The number of pyridine rings is 1. The molecule has 0 aliphatic heterocycles. The molecular formula is C14H13F3N4O2S. The first kappa shape index (κ1) is 16.5. The molecule has 0 aliphatic rings. The van der Waals surface area contributed by atoms with E-state index in [1.807, 2.05) is 0 Å². The molecule has 10 heteroatoms. The summed E-state index contributed by atoms with van der Waals surface area (Å²) in [6, 6.07) is 4.85. The highest BCUT2D eigenvalue weighted by Gasteiger charge is 2.36. The largest absolute Gasteiger partial charge is 0.433 e. The van der Waals surface area contributed by atoms with Gasteiger partial charge in [-0.2, -0.15) is 13.2 Å². The molecule has 3 rings (SSSR count). The molecule has 0 amide bonds. The van der Waals surface area contributed by atoms with Crippen LogP contribution in [0.1, 0.15) is 12.6 Å². The summed E-state index contributed by atoms with van der Waals surface area (Å²) in [5.41, 5.74) is -0.758. The Bertz CT molecular complexity index is 1020. The van der Waals surface area contributed by atoms with Crippen molar-refractivity contribution in [2.75, 3.05) is 5.75 Å². The van der Waals surface area contributed by atoms with Crippen molar-refractivity contribution in [3.63, 3.8) is 0 Å². The number of halogens is 3. The van der Waals surface area contributed by atoms with Crippen molar-refractivity contribution < 1.29 is 21.6 Å². The molecule has 3 heterocycles. The molecule has 0 saturated heterocycles. The monoisotopic (exact) mass is 358 g/mol. The van der Waals surface area contributed by atoms with Crippen LogP contribution in [0.25, 0.3) is 17.2 Å². The normalized spacial score (nSPS) is 12.9. The van der Waals surface area contributed by atoms with Gasteiger partial charge in [0.15, 0.2) is 20.7 Å². The minimum atomic E-state index is -4.59. The van der Waals surface area contributed by atoms with E-state index in [9.17, 15) is 21.6 Å². The minimum absolute atomic E-state index is 0.0962. The molecule has 0 fully saturated rings. The lowest BCUT2D eigenvalue weighted by Crippen LogP contribution is -2.13. The number of imidazole rings is 2. The standard InChI is InChI=1S/C14H13F3N4O2S/c1-3-24(22,23)13-11(19-10-6-4-5-7-21(10)13)12-18-8-9(20(12)2)14(15,16)17/h4-8H,3H2,1-2H3. The highest BCUT2D eigenvalue weighted by molar-refractivity contribution is 7.91. The summed E-state index contributed by atoms with van der Waals surface area (Å²) in [4.78, 5) is 7.95. The Morgan fingerprint density at radius 1 is 1.25 bits per heavy atom. The van der Waals surface area contributed by atoms with Crippen molar-refractivity contribution in [1.29, 1.82) is 0 Å². The first-order chi connectivity index (χ1) is 11.2. The zero-order valence-corrected chi connectivity index (χ0v) is 13.6. The molecule has 0 spiro atoms. The third-order valence-corrected chi connectivity index (χ3v) is 5.39. The van der Waals surface area contributed by atoms with E-state index in [2.05, 4.69) is 9.97 Å². The molecular weight excluding hydrogens is 345 g/mol. The first-order valence-electron chi connectivity index (χ1n) is 6.96. The molecule has 3 aromatic heterocycles. The smallest absolute Gasteiger partial charge is 0.322 e. The molecule has 0 radical (unpaired) electrons. The number of fused-ring (bicyclic) bond motifs is 1. The van der Waals surface area contributed by atoms with E-state index in [-0.39, 0.29) is 22.3 Å². The summed E-state index contributed by atoms with van der Waals surface area (Å²) in [5, 5.41) is -0.164. The first-order valence-corrected chi connectivity index (χ1v) is 8.61. The van der Waals surface area contributed by atoms with Crippen LogP contribution < -0.4 is 0 Å². The van der Waals surface area contributed by atoms with Gasteiger partial charge in [-0.3, -0.25) is 4.40 Å². The van der Waals surface area contributed by atoms with Crippen molar-refractivity contribution >= 4 is 15.5 Å². The second kappa shape index (κ2) is 5.33. The van der Waals surface area contributed by atoms with Crippen LogP contribution in [0.2, 0.25) is 0 Å². The van der Waals surface area contributed by atoms with Gasteiger partial charge in [-0.25, -0.2) is 18.4 Å². The van der Waals surface area contributed by atoms with Gasteiger partial charge in [0, 0.05) is 13.2 Å². The quantitative estimate of drug-likeness (QED) is 0.722. The van der Waals surface area contributed by atoms with E-state index in [1.54, 1.807) is 18.2 Å². The Morgan fingerprint density at radius 2 is 1.96 bits per heavy atom. The second-order valence-electron chi connectivity index (χ2n) is 5.12. The van der Waals surface area contributed by atoms with Gasteiger partial charge in [-0.15, -0.1) is 0 Å². The zero-order valence-electron chi connectivity index (χ0n) is 12.7. The number of nitrogens with zero attached hydrogens (tertiary/aromatic N) is 4. The average molecular weight is 358 g/mol. The van der Waals surface area contributed by atoms with E-state index in [1.165, 1.54) is 24.6 Å². The van der Waals surface area contributed by atoms with Crippen LogP contribution in [-0.2, 0) is 23.1 Å². The third kappa shape index (κ3) is 2.46. The van der Waals surface area contributed by atoms with Gasteiger partial charge < -0.3 is 4.57 Å². The fraction of sp³-hybridized carbons (Fsp3) is 0.286. The van der Waals surface area contributed by atoms with E-state index in [0.717, 1.165) is 4.57 Å². The Kier molecular flexibility index (Phi) is 3.67. The van der Waals surface area contributed by atoms with Crippen molar-refractivity contribution in [3.05, 3.63) is 36.3 Å². The molecule has 0 atom stereocenters. The molecule has 3 aromatic rings. The summed E-state index contributed by atoms with van der Waals surface area (Å²) >= 11 is 0. The van der Waals surface area contributed by atoms with Crippen LogP contribution >= 0.6 is 0 Å². The van der Waals surface area contributed by atoms with Crippen molar-refractivity contribution in [2.24, 2.45) is 7.05 Å². The van der Waals surface area contributed by atoms with Crippen LogP contribution in [-0.4, -0.2) is 33.1 Å². The van der Waals surface area contributed by atoms with Gasteiger partial charge in [0.25, 0.3) is 0 Å². The van der Waals surface area contributed by atoms with E-state index >= 15 is 0 Å². The average Bonchev–Trinajstić information content (AvgIpc) is 3.07. The van der Waals surface area contributed by atoms with Gasteiger partial charge >= 0.3 is 6.18 Å². The molecule has 0 unspecified atom stereocenters. The van der Waals surface area contributed by atoms with Crippen LogP contribution in [0.5, 0.6) is 0 Å². The zero-order chi connectivity index (χ0) is 17.7. The van der Waals surface area contributed by atoms with Crippen LogP contribution in [0.4, 0.5) is 13.2 Å². The lowest BCUT2D eigenvalue weighted by atomic mass is 10.4. The fourth-order valence-electron chi connectivity index (χ4n) is 2.45. The lowest BCUT2D eigenvalue weighted by molar-refractivity contribution is -0.143. The topological polar surface area (TPSA) is 69.3 Å². The lowest BCUT2D eigenvalue weighted by Gasteiger charge is -2.09. The van der Waals surface area contributed by atoms with Gasteiger partial charge in [0.05, 0.1) is 11.9 Å². The van der Waals surface area contributed by atoms with Crippen LogP contribution in [0.15, 0.2) is 35.6 Å². The summed E-state index contributed by atoms with van der Waals surface area (Å²) in [7, 11) is -2.56. The molecule has 0 aliphatic carbocycles. The Labute approximate surface area is 135 Å². The molecule has 128 valence electrons. The number of hydrogen-bond acceptors (Lipinski definition) is 4. The van der Waals surface area contributed by atoms with Crippen LogP contribution in [0.3, 0.4) is 0 Å². The molecule has 24 heavy (non-hydrogen) atoms. The highest BCUT2D eigenvalue weighted by atomic mass is 32.2. The Hall–Kier alpha value is -2.36. The maximum atomic E-state index is 13.0. The number of aromatic nitrogens is 4. The second-order valence-corrected chi connectivity index (χ2v) is 7.32. The Morgan fingerprint density at radius 3 is 2.54 bits per heavy atom. The van der Waals surface area contributed by atoms with E-state index in [0.29, 0.717) is 11.8 Å². The van der Waals surface area contributed by atoms with Gasteiger partial charge in [0.2, 0.25) is 0 Å². The summed E-state index contributed by atoms with van der Waals surface area (Å²) in [5.74, 6) is -0.364. The predicted molar refractivity (Wildman–Crippen MR) is 80.1 cm³/mol. The summed E-state index contributed by atoms with van der Waals surface area (Å²) in [6.07, 6.45) is -2.42. The van der Waals surface area contributed by atoms with Crippen LogP contribution in [0, 0.1) is 0 Å². The van der Waals surface area contributed by atoms with Gasteiger partial charge in [-0.1, -0.05) is 13.0 Å². The van der Waals surface area contributed by atoms with Gasteiger partial charge in [-0.05, 0) is 12.1 Å². The summed E-state index contributed by atoms with van der Waals surface area (Å²) in [6.45, 7) is 1.46. The maximum absolute atomic E-state index is 13.0. The maximum Gasteiger partial charge on any atom is 0.433 e. The predicted octanol–water partition coefficient (Wildman–Crippen LogP) is 2.55. The fourth-order valence-corrected chi connectivity index (χ4v) is 3.60. The molecule has 0 bridgehead atoms. The number of sulfone groups is 1. The highest BCUT2D eigenvalue weighted by Crippen LogP contribution is 2.34.